The molecule has 0 radical (unpaired) electrons. The Labute approximate surface area is 159 Å². The Hall–Kier alpha value is -2.64. The molecule has 2 aromatic rings. The van der Waals surface area contributed by atoms with E-state index in [1.165, 1.54) is 0 Å². The Balaban J connectivity index is 1.95. The van der Waals surface area contributed by atoms with Crippen molar-refractivity contribution in [2.45, 2.75) is 6.61 Å². The van der Waals surface area contributed by atoms with Gasteiger partial charge in [-0.3, -0.25) is 5.43 Å². The fraction of sp³-hybridized carbons (Fsp3) is 0.263. The third-order valence-corrected chi connectivity index (χ3v) is 3.63. The molecule has 0 unspecified atom stereocenters. The molecule has 0 spiro atoms. The molecular formula is C19H23N3O3S. The molecule has 2 N–H and O–H groups in total. The summed E-state index contributed by atoms with van der Waals surface area (Å²) in [6.45, 7) is 1.66. The molecule has 0 bridgehead atoms. The van der Waals surface area contributed by atoms with E-state index in [2.05, 4.69) is 15.8 Å². The molecule has 7 heteroatoms. The lowest BCUT2D eigenvalue weighted by atomic mass is 10.2. The van der Waals surface area contributed by atoms with Gasteiger partial charge in [0.05, 0.1) is 19.9 Å². The summed E-state index contributed by atoms with van der Waals surface area (Å²) in [6, 6.07) is 15.6. The number of hydrazone groups is 1. The van der Waals surface area contributed by atoms with Crippen LogP contribution >= 0.6 is 12.2 Å². The van der Waals surface area contributed by atoms with Gasteiger partial charge in [0.25, 0.3) is 0 Å². The maximum Gasteiger partial charge on any atom is 0.187 e. The highest BCUT2D eigenvalue weighted by Crippen LogP contribution is 2.28. The highest BCUT2D eigenvalue weighted by atomic mass is 32.1. The number of benzene rings is 2. The van der Waals surface area contributed by atoms with E-state index in [0.717, 1.165) is 11.1 Å². The Kier molecular flexibility index (Phi) is 8.38. The van der Waals surface area contributed by atoms with Crippen molar-refractivity contribution in [1.29, 1.82) is 0 Å². The van der Waals surface area contributed by atoms with Crippen LogP contribution in [-0.4, -0.2) is 38.7 Å². The van der Waals surface area contributed by atoms with Crippen molar-refractivity contribution < 1.29 is 14.2 Å². The SMILES string of the molecule is COCCNC(=S)N/N=C/c1ccc(OC)c(OCc2ccccc2)c1. The van der Waals surface area contributed by atoms with Crippen molar-refractivity contribution in [1.82, 2.24) is 10.7 Å². The second-order valence-corrected chi connectivity index (χ2v) is 5.71. The van der Waals surface area contributed by atoms with E-state index in [0.29, 0.717) is 36.4 Å². The number of hydrogen-bond acceptors (Lipinski definition) is 5. The van der Waals surface area contributed by atoms with Crippen LogP contribution in [0, 0.1) is 0 Å². The van der Waals surface area contributed by atoms with Crippen LogP contribution in [0.1, 0.15) is 11.1 Å². The second-order valence-electron chi connectivity index (χ2n) is 5.30. The standard InChI is InChI=1S/C19H23N3O3S/c1-23-11-10-20-19(26)22-21-13-16-8-9-17(24-2)18(12-16)25-14-15-6-4-3-5-7-15/h3-9,12-13H,10-11,14H2,1-2H3,(H2,20,22,26)/b21-13+. The molecule has 0 fully saturated rings. The van der Waals surface area contributed by atoms with Gasteiger partial charge in [0, 0.05) is 13.7 Å². The van der Waals surface area contributed by atoms with E-state index in [4.69, 9.17) is 26.4 Å². The molecule has 2 aromatic carbocycles. The number of nitrogens with zero attached hydrogens (tertiary/aromatic N) is 1. The van der Waals surface area contributed by atoms with Gasteiger partial charge in [0.2, 0.25) is 0 Å². The summed E-state index contributed by atoms with van der Waals surface area (Å²) < 4.78 is 16.2. The van der Waals surface area contributed by atoms with Gasteiger partial charge in [-0.1, -0.05) is 30.3 Å². The van der Waals surface area contributed by atoms with Crippen LogP contribution in [0.25, 0.3) is 0 Å². The average Bonchev–Trinajstić information content (AvgIpc) is 2.67. The molecule has 26 heavy (non-hydrogen) atoms. The van der Waals surface area contributed by atoms with Crippen molar-refractivity contribution in [3.8, 4) is 11.5 Å². The van der Waals surface area contributed by atoms with Crippen LogP contribution < -0.4 is 20.2 Å². The summed E-state index contributed by atoms with van der Waals surface area (Å²) in [5.74, 6) is 1.32. The molecule has 138 valence electrons. The van der Waals surface area contributed by atoms with Gasteiger partial charge in [0.1, 0.15) is 6.61 Å². The zero-order valence-corrected chi connectivity index (χ0v) is 15.7. The second kappa shape index (κ2) is 11.1. The van der Waals surface area contributed by atoms with Crippen LogP contribution in [0.2, 0.25) is 0 Å². The van der Waals surface area contributed by atoms with Gasteiger partial charge in [-0.25, -0.2) is 0 Å². The van der Waals surface area contributed by atoms with Crippen molar-refractivity contribution >= 4 is 23.5 Å². The maximum atomic E-state index is 5.89. The molecule has 0 heterocycles. The van der Waals surface area contributed by atoms with Crippen molar-refractivity contribution in [3.63, 3.8) is 0 Å². The van der Waals surface area contributed by atoms with Crippen LogP contribution in [0.3, 0.4) is 0 Å². The first-order valence-electron chi connectivity index (χ1n) is 8.13. The molecule has 0 aliphatic heterocycles. The molecule has 0 saturated heterocycles. The lowest BCUT2D eigenvalue weighted by Gasteiger charge is -2.11. The van der Waals surface area contributed by atoms with Crippen LogP contribution in [-0.2, 0) is 11.3 Å². The molecule has 0 amide bonds. The normalized spacial score (nSPS) is 10.5. The van der Waals surface area contributed by atoms with E-state index in [9.17, 15) is 0 Å². The minimum Gasteiger partial charge on any atom is -0.493 e. The van der Waals surface area contributed by atoms with Crippen molar-refractivity contribution in [2.75, 3.05) is 27.4 Å². The quantitative estimate of drug-likeness (QED) is 0.305. The molecule has 2 rings (SSSR count). The Morgan fingerprint density at radius 1 is 1.12 bits per heavy atom. The first kappa shape index (κ1) is 19.7. The summed E-state index contributed by atoms with van der Waals surface area (Å²) in [4.78, 5) is 0. The minimum atomic E-state index is 0.437. The van der Waals surface area contributed by atoms with Gasteiger partial charge in [0.15, 0.2) is 16.6 Å². The third-order valence-electron chi connectivity index (χ3n) is 3.40. The van der Waals surface area contributed by atoms with E-state index < -0.39 is 0 Å². The first-order chi connectivity index (χ1) is 12.7. The highest BCUT2D eigenvalue weighted by Gasteiger charge is 2.05. The lowest BCUT2D eigenvalue weighted by molar-refractivity contribution is 0.204. The molecule has 0 atom stereocenters. The van der Waals surface area contributed by atoms with Crippen LogP contribution in [0.5, 0.6) is 11.5 Å². The monoisotopic (exact) mass is 373 g/mol. The summed E-state index contributed by atoms with van der Waals surface area (Å²) in [5, 5.41) is 7.53. The summed E-state index contributed by atoms with van der Waals surface area (Å²) in [5.41, 5.74) is 4.71. The van der Waals surface area contributed by atoms with Gasteiger partial charge < -0.3 is 19.5 Å². The zero-order valence-electron chi connectivity index (χ0n) is 14.9. The number of nitrogens with one attached hydrogen (secondary N) is 2. The maximum absolute atomic E-state index is 5.89. The third kappa shape index (κ3) is 6.70. The van der Waals surface area contributed by atoms with Crippen molar-refractivity contribution in [3.05, 3.63) is 59.7 Å². The molecule has 0 aliphatic rings. The largest absolute Gasteiger partial charge is 0.493 e. The predicted molar refractivity (Wildman–Crippen MR) is 107 cm³/mol. The van der Waals surface area contributed by atoms with Gasteiger partial charge in [-0.2, -0.15) is 5.10 Å². The summed E-state index contributed by atoms with van der Waals surface area (Å²) in [6.07, 6.45) is 1.67. The summed E-state index contributed by atoms with van der Waals surface area (Å²) >= 11 is 5.11. The van der Waals surface area contributed by atoms with Gasteiger partial charge >= 0.3 is 0 Å². The number of hydrogen-bond donors (Lipinski definition) is 2. The average molecular weight is 373 g/mol. The molecule has 0 aliphatic carbocycles. The Morgan fingerprint density at radius 3 is 2.65 bits per heavy atom. The van der Waals surface area contributed by atoms with E-state index in [-0.39, 0.29) is 0 Å². The summed E-state index contributed by atoms with van der Waals surface area (Å²) in [7, 11) is 3.25. The molecular weight excluding hydrogens is 350 g/mol. The number of methoxy groups -OCH3 is 2. The fourth-order valence-corrected chi connectivity index (χ4v) is 2.25. The smallest absolute Gasteiger partial charge is 0.187 e. The molecule has 6 nitrogen and oxygen atoms in total. The minimum absolute atomic E-state index is 0.437. The molecule has 0 aromatic heterocycles. The van der Waals surface area contributed by atoms with E-state index in [1.807, 2.05) is 48.5 Å². The number of rotatable bonds is 9. The fourth-order valence-electron chi connectivity index (χ4n) is 2.09. The van der Waals surface area contributed by atoms with Crippen molar-refractivity contribution in [2.24, 2.45) is 5.10 Å². The lowest BCUT2D eigenvalue weighted by Crippen LogP contribution is -2.34. The number of ether oxygens (including phenoxy) is 3. The van der Waals surface area contributed by atoms with Crippen LogP contribution in [0.4, 0.5) is 0 Å². The molecule has 0 saturated carbocycles. The number of thiocarbonyl (C=S) groups is 1. The highest BCUT2D eigenvalue weighted by molar-refractivity contribution is 7.80. The Morgan fingerprint density at radius 2 is 1.92 bits per heavy atom. The topological polar surface area (TPSA) is 64.1 Å². The van der Waals surface area contributed by atoms with E-state index >= 15 is 0 Å². The van der Waals surface area contributed by atoms with E-state index in [1.54, 1.807) is 20.4 Å². The Bertz CT molecular complexity index is 723. The zero-order chi connectivity index (χ0) is 18.6. The van der Waals surface area contributed by atoms with Gasteiger partial charge in [-0.15, -0.1) is 0 Å². The van der Waals surface area contributed by atoms with Crippen LogP contribution in [0.15, 0.2) is 53.6 Å². The van der Waals surface area contributed by atoms with Gasteiger partial charge in [-0.05, 0) is 41.5 Å². The predicted octanol–water partition coefficient (Wildman–Crippen LogP) is 2.72. The first-order valence-corrected chi connectivity index (χ1v) is 8.54.